The maximum Gasteiger partial charge on any atom is 0.241 e. The number of nitrogens with two attached hydrogens (primary N) is 1. The van der Waals surface area contributed by atoms with Crippen molar-refractivity contribution in [1.82, 2.24) is 4.90 Å². The van der Waals surface area contributed by atoms with Gasteiger partial charge in [0.05, 0.1) is 31.3 Å². The third-order valence-electron chi connectivity index (χ3n) is 3.11. The van der Waals surface area contributed by atoms with Crippen molar-refractivity contribution in [3.63, 3.8) is 0 Å². The molecule has 0 saturated heterocycles. The van der Waals surface area contributed by atoms with Gasteiger partial charge in [-0.1, -0.05) is 6.07 Å². The molecule has 6 heteroatoms. The first-order valence-corrected chi connectivity index (χ1v) is 6.15. The third kappa shape index (κ3) is 3.71. The van der Waals surface area contributed by atoms with Crippen LogP contribution in [0.25, 0.3) is 0 Å². The Morgan fingerprint density at radius 2 is 2.00 bits per heavy atom. The van der Waals surface area contributed by atoms with Gasteiger partial charge >= 0.3 is 0 Å². The number of nitrogens with zero attached hydrogens (tertiary/aromatic N) is 3. The monoisotopic (exact) mass is 271 g/mol. The van der Waals surface area contributed by atoms with Gasteiger partial charge in [-0.25, -0.2) is 0 Å². The molecule has 1 unspecified atom stereocenters. The highest BCUT2D eigenvalue weighted by Crippen LogP contribution is 2.20. The van der Waals surface area contributed by atoms with Gasteiger partial charge in [-0.3, -0.25) is 9.69 Å². The van der Waals surface area contributed by atoms with Crippen molar-refractivity contribution < 1.29 is 4.79 Å². The lowest BCUT2D eigenvalue weighted by Gasteiger charge is -2.23. The maximum absolute atomic E-state index is 12.2. The highest BCUT2D eigenvalue weighted by atomic mass is 16.2. The Kier molecular flexibility index (Phi) is 5.52. The van der Waals surface area contributed by atoms with Crippen LogP contribution in [0.1, 0.15) is 12.5 Å². The molecule has 1 aromatic carbocycles. The number of nitrogen functional groups attached to an aromatic ring is 1. The number of amides is 1. The fourth-order valence-electron chi connectivity index (χ4n) is 1.70. The molecule has 0 saturated carbocycles. The second-order valence-corrected chi connectivity index (χ2v) is 4.41. The maximum atomic E-state index is 12.2. The van der Waals surface area contributed by atoms with Gasteiger partial charge in [0.2, 0.25) is 5.91 Å². The number of carbonyl (C=O) groups is 1. The van der Waals surface area contributed by atoms with Crippen LogP contribution < -0.4 is 11.1 Å². The fourth-order valence-corrected chi connectivity index (χ4v) is 1.70. The van der Waals surface area contributed by atoms with E-state index in [-0.39, 0.29) is 19.0 Å². The molecule has 20 heavy (non-hydrogen) atoms. The quantitative estimate of drug-likeness (QED) is 0.619. The predicted octanol–water partition coefficient (Wildman–Crippen LogP) is 1.25. The van der Waals surface area contributed by atoms with Crippen LogP contribution in [0.3, 0.4) is 0 Å². The molecule has 0 aliphatic heterocycles. The van der Waals surface area contributed by atoms with Crippen molar-refractivity contribution in [2.24, 2.45) is 0 Å². The molecule has 0 bridgehead atoms. The summed E-state index contributed by atoms with van der Waals surface area (Å²) in [5, 5.41) is 20.2. The number of rotatable bonds is 5. The van der Waals surface area contributed by atoms with Crippen molar-refractivity contribution in [2.45, 2.75) is 19.9 Å². The van der Waals surface area contributed by atoms with Crippen LogP contribution in [0.5, 0.6) is 0 Å². The summed E-state index contributed by atoms with van der Waals surface area (Å²) < 4.78 is 0. The largest absolute Gasteiger partial charge is 0.398 e. The van der Waals surface area contributed by atoms with Crippen molar-refractivity contribution in [2.75, 3.05) is 24.1 Å². The van der Waals surface area contributed by atoms with Crippen LogP contribution in [0, 0.1) is 29.6 Å². The molecule has 3 N–H and O–H groups in total. The zero-order valence-electron chi connectivity index (χ0n) is 11.6. The number of benzene rings is 1. The summed E-state index contributed by atoms with van der Waals surface area (Å²) in [6.07, 6.45) is 0. The van der Waals surface area contributed by atoms with Crippen LogP contribution in [-0.4, -0.2) is 29.9 Å². The van der Waals surface area contributed by atoms with Crippen LogP contribution in [0.2, 0.25) is 0 Å². The SMILES string of the molecule is Cc1c(N)cccc1NC(=O)C(C)N(CC#N)CC#N. The molecule has 1 aromatic rings. The first-order chi connectivity index (χ1) is 9.51. The molecule has 0 fully saturated rings. The Bertz CT molecular complexity index is 554. The standard InChI is InChI=1S/C14H17N5O/c1-10-12(17)4-3-5-13(10)18-14(20)11(2)19(8-6-15)9-7-16/h3-5,11H,8-9,17H2,1-2H3,(H,18,20). The summed E-state index contributed by atoms with van der Waals surface area (Å²) in [5.41, 5.74) is 7.81. The van der Waals surface area contributed by atoms with Gasteiger partial charge in [0.1, 0.15) is 0 Å². The topological polar surface area (TPSA) is 106 Å². The van der Waals surface area contributed by atoms with E-state index in [0.29, 0.717) is 11.4 Å². The molecule has 6 nitrogen and oxygen atoms in total. The molecule has 1 atom stereocenters. The van der Waals surface area contributed by atoms with Crippen LogP contribution >= 0.6 is 0 Å². The number of hydrogen-bond acceptors (Lipinski definition) is 5. The molecule has 104 valence electrons. The summed E-state index contributed by atoms with van der Waals surface area (Å²) in [4.78, 5) is 13.7. The number of anilines is 2. The minimum Gasteiger partial charge on any atom is -0.398 e. The molecule has 0 spiro atoms. The van der Waals surface area contributed by atoms with Crippen LogP contribution in [0.4, 0.5) is 11.4 Å². The molecule has 0 heterocycles. The minimum atomic E-state index is -0.574. The average molecular weight is 271 g/mol. The van der Waals surface area contributed by atoms with Crippen LogP contribution in [-0.2, 0) is 4.79 Å². The zero-order valence-corrected chi connectivity index (χ0v) is 11.6. The van der Waals surface area contributed by atoms with Gasteiger partial charge in [0.15, 0.2) is 0 Å². The third-order valence-corrected chi connectivity index (χ3v) is 3.11. The Morgan fingerprint density at radius 3 is 2.55 bits per heavy atom. The first-order valence-electron chi connectivity index (χ1n) is 6.15. The van der Waals surface area contributed by atoms with E-state index in [0.717, 1.165) is 5.56 Å². The van der Waals surface area contributed by atoms with Gasteiger partial charge in [-0.05, 0) is 31.5 Å². The smallest absolute Gasteiger partial charge is 0.241 e. The number of nitriles is 2. The Hall–Kier alpha value is -2.57. The number of hydrogen-bond donors (Lipinski definition) is 2. The van der Waals surface area contributed by atoms with E-state index in [1.54, 1.807) is 25.1 Å². The van der Waals surface area contributed by atoms with E-state index >= 15 is 0 Å². The fraction of sp³-hybridized carbons (Fsp3) is 0.357. The van der Waals surface area contributed by atoms with Gasteiger partial charge in [-0.2, -0.15) is 10.5 Å². The molecule has 0 aliphatic carbocycles. The molecular formula is C14H17N5O. The summed E-state index contributed by atoms with van der Waals surface area (Å²) in [7, 11) is 0. The van der Waals surface area contributed by atoms with E-state index in [4.69, 9.17) is 16.3 Å². The Labute approximate surface area is 118 Å². The van der Waals surface area contributed by atoms with Crippen molar-refractivity contribution in [1.29, 1.82) is 10.5 Å². The summed E-state index contributed by atoms with van der Waals surface area (Å²) in [5.74, 6) is -0.274. The second-order valence-electron chi connectivity index (χ2n) is 4.41. The summed E-state index contributed by atoms with van der Waals surface area (Å²) in [6, 6.07) is 8.59. The van der Waals surface area contributed by atoms with Gasteiger partial charge in [0.25, 0.3) is 0 Å². The first kappa shape index (κ1) is 15.5. The lowest BCUT2D eigenvalue weighted by molar-refractivity contribution is -0.120. The predicted molar refractivity (Wildman–Crippen MR) is 76.5 cm³/mol. The minimum absolute atomic E-state index is 0.0259. The van der Waals surface area contributed by atoms with E-state index in [2.05, 4.69) is 5.32 Å². The highest BCUT2D eigenvalue weighted by Gasteiger charge is 2.21. The van der Waals surface area contributed by atoms with Crippen LogP contribution in [0.15, 0.2) is 18.2 Å². The number of nitrogens with one attached hydrogen (secondary N) is 1. The van der Waals surface area contributed by atoms with E-state index in [1.165, 1.54) is 4.90 Å². The average Bonchev–Trinajstić information content (AvgIpc) is 2.42. The highest BCUT2D eigenvalue weighted by molar-refractivity contribution is 5.95. The van der Waals surface area contributed by atoms with E-state index in [9.17, 15) is 4.79 Å². The second kappa shape index (κ2) is 7.13. The Morgan fingerprint density at radius 1 is 1.40 bits per heavy atom. The lowest BCUT2D eigenvalue weighted by Crippen LogP contribution is -2.42. The molecule has 1 amide bonds. The Balaban J connectivity index is 2.82. The molecule has 1 rings (SSSR count). The van der Waals surface area contributed by atoms with Gasteiger partial charge < -0.3 is 11.1 Å². The van der Waals surface area contributed by atoms with Gasteiger partial charge in [-0.15, -0.1) is 0 Å². The molecular weight excluding hydrogens is 254 g/mol. The van der Waals surface area contributed by atoms with Crippen molar-refractivity contribution >= 4 is 17.3 Å². The normalized spacial score (nSPS) is 11.4. The molecule has 0 aliphatic rings. The van der Waals surface area contributed by atoms with E-state index < -0.39 is 6.04 Å². The summed E-state index contributed by atoms with van der Waals surface area (Å²) >= 11 is 0. The molecule has 0 aromatic heterocycles. The van der Waals surface area contributed by atoms with Crippen molar-refractivity contribution in [3.05, 3.63) is 23.8 Å². The van der Waals surface area contributed by atoms with Crippen molar-refractivity contribution in [3.8, 4) is 12.1 Å². The zero-order chi connectivity index (χ0) is 15.1. The number of carbonyl (C=O) groups excluding carboxylic acids is 1. The summed E-state index contributed by atoms with van der Waals surface area (Å²) in [6.45, 7) is 3.53. The lowest BCUT2D eigenvalue weighted by atomic mass is 10.1. The molecule has 0 radical (unpaired) electrons. The van der Waals surface area contributed by atoms with E-state index in [1.807, 2.05) is 19.1 Å². The van der Waals surface area contributed by atoms with Gasteiger partial charge in [0, 0.05) is 11.4 Å².